The van der Waals surface area contributed by atoms with Gasteiger partial charge in [0.05, 0.1) is 0 Å². The van der Waals surface area contributed by atoms with Crippen LogP contribution in [0.1, 0.15) is 20.3 Å². The van der Waals surface area contributed by atoms with Gasteiger partial charge in [0.15, 0.2) is 0 Å². The molecule has 1 heteroatoms. The summed E-state index contributed by atoms with van der Waals surface area (Å²) in [5, 5.41) is 2.45. The van der Waals surface area contributed by atoms with E-state index in [1.807, 2.05) is 0 Å². The molecule has 0 N–H and O–H groups in total. The van der Waals surface area contributed by atoms with Crippen LogP contribution in [0.4, 0.5) is 0 Å². The van der Waals surface area contributed by atoms with Gasteiger partial charge < -0.3 is 0 Å². The molecule has 0 fully saturated rings. The highest BCUT2D eigenvalue weighted by Crippen LogP contribution is 1.95. The molecule has 0 heterocycles. The molecule has 0 rings (SSSR count). The lowest BCUT2D eigenvalue weighted by Gasteiger charge is -1.91. The molecule has 0 spiro atoms. The highest BCUT2D eigenvalue weighted by molar-refractivity contribution is 7.85. The number of hydrogen-bond acceptors (Lipinski definition) is 0. The van der Waals surface area contributed by atoms with Gasteiger partial charge in [-0.1, -0.05) is 19.8 Å². The highest BCUT2D eigenvalue weighted by atomic mass is 32.1. The maximum atomic E-state index is 4.43. The summed E-state index contributed by atoms with van der Waals surface area (Å²) in [6, 6.07) is 0. The summed E-state index contributed by atoms with van der Waals surface area (Å²) in [6.45, 7) is 4.17. The molecule has 1 unspecified atom stereocenters. The monoisotopic (exact) mass is 113 g/mol. The third kappa shape index (κ3) is 3.61. The van der Waals surface area contributed by atoms with Gasteiger partial charge in [0.25, 0.3) is 0 Å². The van der Waals surface area contributed by atoms with Crippen molar-refractivity contribution in [3.63, 3.8) is 0 Å². The third-order valence-corrected chi connectivity index (χ3v) is 1.04. The van der Waals surface area contributed by atoms with E-state index in [2.05, 4.69) is 37.6 Å². The molecule has 39 valence electrons. The summed E-state index contributed by atoms with van der Waals surface area (Å²) in [4.78, 5) is 0. The first kappa shape index (κ1) is 6.78. The lowest BCUT2D eigenvalue weighted by molar-refractivity contribution is 0.724. The lowest BCUT2D eigenvalue weighted by Crippen LogP contribution is -1.82. The Kier molecular flexibility index (Phi) is 3.83. The minimum Gasteiger partial charge on any atom is -0.0834 e. The van der Waals surface area contributed by atoms with Gasteiger partial charge in [-0.3, -0.25) is 0 Å². The van der Waals surface area contributed by atoms with Crippen molar-refractivity contribution in [3.05, 3.63) is 0 Å². The fraction of sp³-hybridized carbons (Fsp3) is 0.667. The Balaban J connectivity index is 3.29. The molecule has 0 saturated carbocycles. The second-order valence-electron chi connectivity index (χ2n) is 1.56. The van der Waals surface area contributed by atoms with E-state index in [4.69, 9.17) is 0 Å². The van der Waals surface area contributed by atoms with Gasteiger partial charge in [-0.15, -0.1) is 0 Å². The Bertz CT molecular complexity index is 86.1. The van der Waals surface area contributed by atoms with Gasteiger partial charge in [-0.25, -0.2) is 0 Å². The van der Waals surface area contributed by atoms with E-state index in [-0.39, 0.29) is 0 Å². The molecule has 0 aliphatic rings. The van der Waals surface area contributed by atoms with Crippen LogP contribution >= 0.6 is 12.6 Å². The van der Waals surface area contributed by atoms with E-state index < -0.39 is 0 Å². The second-order valence-corrected chi connectivity index (χ2v) is 1.76. The lowest BCUT2D eigenvalue weighted by atomic mass is 10.1. The molecule has 1 atom stereocenters. The normalized spacial score (nSPS) is 11.7. The predicted octanol–water partition coefficient (Wildman–Crippen LogP) is 2.19. The molecular formula is C6H9S. The zero-order valence-corrected chi connectivity index (χ0v) is 5.51. The molecular weight excluding hydrogens is 104 g/mol. The maximum absolute atomic E-state index is 4.43. The fourth-order valence-electron chi connectivity index (χ4n) is 0.203. The zero-order valence-electron chi connectivity index (χ0n) is 4.69. The first-order valence-corrected chi connectivity index (χ1v) is 2.84. The molecule has 0 aliphatic carbocycles. The Morgan fingerprint density at radius 2 is 2.29 bits per heavy atom. The summed E-state index contributed by atoms with van der Waals surface area (Å²) in [7, 11) is 0. The van der Waals surface area contributed by atoms with Crippen LogP contribution in [0, 0.1) is 17.1 Å². The quantitative estimate of drug-likeness (QED) is 0.457. The van der Waals surface area contributed by atoms with Crippen molar-refractivity contribution in [3.8, 4) is 11.2 Å². The fourth-order valence-corrected chi connectivity index (χ4v) is 0.404. The molecule has 1 radical (unpaired) electrons. The largest absolute Gasteiger partial charge is 0.0834 e. The second kappa shape index (κ2) is 3.95. The maximum Gasteiger partial charge on any atom is 0.0184 e. The number of rotatable bonds is 1. The average molecular weight is 113 g/mol. The molecule has 0 aliphatic heterocycles. The van der Waals surface area contributed by atoms with Crippen molar-refractivity contribution in [2.75, 3.05) is 0 Å². The van der Waals surface area contributed by atoms with Gasteiger partial charge in [0, 0.05) is 11.2 Å². The van der Waals surface area contributed by atoms with E-state index in [1.165, 1.54) is 0 Å². The first-order chi connectivity index (χ1) is 3.31. The van der Waals surface area contributed by atoms with Gasteiger partial charge >= 0.3 is 0 Å². The van der Waals surface area contributed by atoms with Crippen molar-refractivity contribution >= 4 is 12.6 Å². The molecule has 0 aromatic rings. The van der Waals surface area contributed by atoms with Crippen LogP contribution in [0.5, 0.6) is 0 Å². The Morgan fingerprint density at radius 1 is 1.71 bits per heavy atom. The van der Waals surface area contributed by atoms with E-state index in [0.29, 0.717) is 5.92 Å². The summed E-state index contributed by atoms with van der Waals surface area (Å²) in [5.74, 6) is 3.34. The SMILES string of the molecule is CCC(C)C#C[S]. The summed E-state index contributed by atoms with van der Waals surface area (Å²) in [5.41, 5.74) is 0. The zero-order chi connectivity index (χ0) is 5.70. The van der Waals surface area contributed by atoms with Crippen LogP contribution in [0.25, 0.3) is 0 Å². The van der Waals surface area contributed by atoms with Crippen LogP contribution < -0.4 is 0 Å². The minimum atomic E-state index is 0.484. The molecule has 0 aromatic carbocycles. The molecule has 7 heavy (non-hydrogen) atoms. The Labute approximate surface area is 50.7 Å². The predicted molar refractivity (Wildman–Crippen MR) is 34.8 cm³/mol. The van der Waals surface area contributed by atoms with Crippen LogP contribution in [-0.2, 0) is 0 Å². The minimum absolute atomic E-state index is 0.484. The Morgan fingerprint density at radius 3 is 2.43 bits per heavy atom. The Hall–Kier alpha value is -0.220. The first-order valence-electron chi connectivity index (χ1n) is 2.44. The van der Waals surface area contributed by atoms with Crippen molar-refractivity contribution in [2.45, 2.75) is 20.3 Å². The van der Waals surface area contributed by atoms with Gasteiger partial charge in [-0.2, -0.15) is 0 Å². The highest BCUT2D eigenvalue weighted by Gasteiger charge is 1.86. The van der Waals surface area contributed by atoms with Crippen molar-refractivity contribution in [1.82, 2.24) is 0 Å². The number of hydrogen-bond donors (Lipinski definition) is 0. The average Bonchev–Trinajstić information content (AvgIpc) is 1.68. The third-order valence-electron chi connectivity index (χ3n) is 0.918. The van der Waals surface area contributed by atoms with Crippen molar-refractivity contribution < 1.29 is 0 Å². The summed E-state index contributed by atoms with van der Waals surface area (Å²) >= 11 is 4.43. The van der Waals surface area contributed by atoms with E-state index in [0.717, 1.165) is 6.42 Å². The molecule has 0 amide bonds. The van der Waals surface area contributed by atoms with Crippen LogP contribution in [0.15, 0.2) is 0 Å². The molecule has 0 bridgehead atoms. The van der Waals surface area contributed by atoms with E-state index in [1.54, 1.807) is 0 Å². The van der Waals surface area contributed by atoms with Crippen LogP contribution in [0.2, 0.25) is 0 Å². The van der Waals surface area contributed by atoms with Crippen molar-refractivity contribution in [1.29, 1.82) is 0 Å². The van der Waals surface area contributed by atoms with Gasteiger partial charge in [-0.05, 0) is 19.0 Å². The summed E-state index contributed by atoms with van der Waals surface area (Å²) < 4.78 is 0. The molecule has 0 saturated heterocycles. The van der Waals surface area contributed by atoms with Gasteiger partial charge in [0.1, 0.15) is 0 Å². The molecule has 0 nitrogen and oxygen atoms in total. The van der Waals surface area contributed by atoms with E-state index >= 15 is 0 Å². The summed E-state index contributed by atoms with van der Waals surface area (Å²) in [6.07, 6.45) is 1.10. The van der Waals surface area contributed by atoms with Crippen molar-refractivity contribution in [2.24, 2.45) is 5.92 Å². The van der Waals surface area contributed by atoms with Gasteiger partial charge in [0.2, 0.25) is 0 Å². The van der Waals surface area contributed by atoms with Crippen LogP contribution in [0.3, 0.4) is 0 Å². The van der Waals surface area contributed by atoms with E-state index in [9.17, 15) is 0 Å². The smallest absolute Gasteiger partial charge is 0.0184 e. The topological polar surface area (TPSA) is 0 Å². The van der Waals surface area contributed by atoms with Crippen LogP contribution in [-0.4, -0.2) is 0 Å². The standard InChI is InChI=1S/C6H9S/c1-3-6(2)4-5-7/h6H,3H2,1-2H3. The molecule has 0 aromatic heterocycles.